The summed E-state index contributed by atoms with van der Waals surface area (Å²) < 4.78 is 0. The molecule has 0 fully saturated rings. The van der Waals surface area contributed by atoms with Crippen molar-refractivity contribution >= 4 is 0 Å². The molecule has 0 heterocycles. The Hall–Kier alpha value is -0.260. The fourth-order valence-electron chi connectivity index (χ4n) is 3.42. The summed E-state index contributed by atoms with van der Waals surface area (Å²) in [5.74, 6) is 0. The average Bonchev–Trinajstić information content (AvgIpc) is 2.69. The first-order valence-corrected chi connectivity index (χ1v) is 13.0. The minimum Gasteiger partial charge on any atom is -0.0888 e. The summed E-state index contributed by atoms with van der Waals surface area (Å²) >= 11 is 0. The molecule has 0 heteroatoms. The molecular weight excluding hydrogens is 324 g/mol. The Morgan fingerprint density at radius 3 is 0.926 bits per heavy atom. The highest BCUT2D eigenvalue weighted by Crippen LogP contribution is 2.12. The summed E-state index contributed by atoms with van der Waals surface area (Å²) in [7, 11) is 0. The Morgan fingerprint density at radius 1 is 0.333 bits per heavy atom. The van der Waals surface area contributed by atoms with E-state index < -0.39 is 0 Å². The highest BCUT2D eigenvalue weighted by atomic mass is 14.0. The van der Waals surface area contributed by atoms with Gasteiger partial charge >= 0.3 is 0 Å². The van der Waals surface area contributed by atoms with E-state index in [9.17, 15) is 0 Å². The van der Waals surface area contributed by atoms with E-state index in [1.54, 1.807) is 0 Å². The Bertz CT molecular complexity index is 228. The molecule has 0 radical (unpaired) electrons. The lowest BCUT2D eigenvalue weighted by Crippen LogP contribution is -1.82. The van der Waals surface area contributed by atoms with E-state index in [0.29, 0.717) is 0 Å². The fraction of sp³-hybridized carbons (Fsp3) is 0.926. The van der Waals surface area contributed by atoms with Crippen LogP contribution in [0.1, 0.15) is 163 Å². The number of allylic oxidation sites excluding steroid dienone is 2. The first kappa shape index (κ1) is 28.9. The molecule has 0 aliphatic carbocycles. The van der Waals surface area contributed by atoms with Gasteiger partial charge in [-0.2, -0.15) is 0 Å². The van der Waals surface area contributed by atoms with Gasteiger partial charge in [0.05, 0.1) is 0 Å². The minimum atomic E-state index is 1.19. The van der Waals surface area contributed by atoms with Crippen LogP contribution < -0.4 is 0 Å². The van der Waals surface area contributed by atoms with Gasteiger partial charge in [0, 0.05) is 0 Å². The van der Waals surface area contributed by atoms with Crippen LogP contribution in [0.2, 0.25) is 0 Å². The van der Waals surface area contributed by atoms with E-state index in [4.69, 9.17) is 0 Å². The molecule has 0 aromatic heterocycles. The number of hydrogen-bond acceptors (Lipinski definition) is 0. The Labute approximate surface area is 175 Å². The first-order chi connectivity index (χ1) is 13.3. The molecule has 0 aliphatic rings. The van der Waals surface area contributed by atoms with Gasteiger partial charge in [-0.25, -0.2) is 0 Å². The number of rotatable bonds is 20. The van der Waals surface area contributed by atoms with Crippen molar-refractivity contribution < 1.29 is 0 Å². The van der Waals surface area contributed by atoms with E-state index in [1.165, 1.54) is 135 Å². The maximum atomic E-state index is 2.32. The summed E-state index contributed by atoms with van der Waals surface area (Å²) in [6.07, 6.45) is 34.5. The number of hydrogen-bond donors (Lipinski definition) is 0. The van der Waals surface area contributed by atoms with Gasteiger partial charge < -0.3 is 0 Å². The monoisotopic (exact) mass is 380 g/mol. The third-order valence-corrected chi connectivity index (χ3v) is 5.33. The Balaban J connectivity index is 0. The molecule has 0 spiro atoms. The van der Waals surface area contributed by atoms with E-state index >= 15 is 0 Å². The molecule has 0 rings (SSSR count). The van der Waals surface area contributed by atoms with Crippen LogP contribution in [0.3, 0.4) is 0 Å². The SMILES string of the molecule is CC/C=C/CCCCCCCC.CCCCCCCCCCCCCCC. The number of unbranched alkanes of at least 4 members (excludes halogenated alkanes) is 18. The molecule has 0 bridgehead atoms. The van der Waals surface area contributed by atoms with Gasteiger partial charge in [0.1, 0.15) is 0 Å². The Kier molecular flexibility index (Phi) is 32.7. The second-order valence-electron chi connectivity index (χ2n) is 8.33. The third kappa shape index (κ3) is 33.7. The van der Waals surface area contributed by atoms with Gasteiger partial charge in [0.25, 0.3) is 0 Å². The van der Waals surface area contributed by atoms with E-state index in [0.717, 1.165) is 0 Å². The standard InChI is InChI=1S/C15H32.C12H24/c1-3-5-7-9-11-13-15-14-12-10-8-6-4-2;1-3-5-7-9-11-12-10-8-6-4-2/h3-15H2,1-2H3;5,7H,3-4,6,8-12H2,1-2H3/b;7-5+. The van der Waals surface area contributed by atoms with Gasteiger partial charge in [-0.3, -0.25) is 0 Å². The highest BCUT2D eigenvalue weighted by Gasteiger charge is 1.92. The van der Waals surface area contributed by atoms with Gasteiger partial charge in [0.15, 0.2) is 0 Å². The van der Waals surface area contributed by atoms with Crippen molar-refractivity contribution in [2.75, 3.05) is 0 Å². The van der Waals surface area contributed by atoms with Crippen LogP contribution in [-0.2, 0) is 0 Å². The van der Waals surface area contributed by atoms with Crippen molar-refractivity contribution in [2.24, 2.45) is 0 Å². The van der Waals surface area contributed by atoms with Crippen molar-refractivity contribution in [3.05, 3.63) is 12.2 Å². The molecule has 0 atom stereocenters. The molecule has 164 valence electrons. The van der Waals surface area contributed by atoms with Crippen molar-refractivity contribution in [2.45, 2.75) is 163 Å². The fourth-order valence-corrected chi connectivity index (χ4v) is 3.42. The van der Waals surface area contributed by atoms with Gasteiger partial charge in [0.2, 0.25) is 0 Å². The van der Waals surface area contributed by atoms with Crippen molar-refractivity contribution in [3.63, 3.8) is 0 Å². The average molecular weight is 381 g/mol. The Morgan fingerprint density at radius 2 is 0.630 bits per heavy atom. The van der Waals surface area contributed by atoms with Crippen molar-refractivity contribution in [3.8, 4) is 0 Å². The van der Waals surface area contributed by atoms with Gasteiger partial charge in [-0.05, 0) is 19.3 Å². The van der Waals surface area contributed by atoms with Crippen LogP contribution >= 0.6 is 0 Å². The molecule has 0 nitrogen and oxygen atoms in total. The molecule has 0 unspecified atom stereocenters. The lowest BCUT2D eigenvalue weighted by Gasteiger charge is -2.01. The largest absolute Gasteiger partial charge is 0.0888 e. The van der Waals surface area contributed by atoms with E-state index in [1.807, 2.05) is 0 Å². The molecule has 0 saturated heterocycles. The van der Waals surface area contributed by atoms with Crippen LogP contribution in [0, 0.1) is 0 Å². The van der Waals surface area contributed by atoms with Crippen LogP contribution in [0.25, 0.3) is 0 Å². The summed E-state index contributed by atoms with van der Waals surface area (Å²) in [4.78, 5) is 0. The highest BCUT2D eigenvalue weighted by molar-refractivity contribution is 4.79. The molecule has 0 amide bonds. The van der Waals surface area contributed by atoms with Gasteiger partial charge in [-0.15, -0.1) is 0 Å². The molecule has 27 heavy (non-hydrogen) atoms. The predicted octanol–water partition coefficient (Wildman–Crippen LogP) is 10.8. The molecule has 0 aliphatic heterocycles. The molecule has 0 aromatic rings. The van der Waals surface area contributed by atoms with E-state index in [-0.39, 0.29) is 0 Å². The zero-order valence-electron chi connectivity index (χ0n) is 20.0. The first-order valence-electron chi connectivity index (χ1n) is 13.0. The van der Waals surface area contributed by atoms with Crippen LogP contribution in [0.5, 0.6) is 0 Å². The third-order valence-electron chi connectivity index (χ3n) is 5.33. The molecule has 0 aromatic carbocycles. The summed E-state index contributed by atoms with van der Waals surface area (Å²) in [6, 6.07) is 0. The summed E-state index contributed by atoms with van der Waals surface area (Å²) in [6.45, 7) is 9.04. The lowest BCUT2D eigenvalue weighted by atomic mass is 10.1. The summed E-state index contributed by atoms with van der Waals surface area (Å²) in [5.41, 5.74) is 0. The van der Waals surface area contributed by atoms with Crippen LogP contribution in [0.15, 0.2) is 12.2 Å². The zero-order valence-corrected chi connectivity index (χ0v) is 20.0. The van der Waals surface area contributed by atoms with Crippen LogP contribution in [0.4, 0.5) is 0 Å². The normalized spacial score (nSPS) is 11.0. The maximum Gasteiger partial charge on any atom is -0.0351 e. The van der Waals surface area contributed by atoms with Gasteiger partial charge in [-0.1, -0.05) is 155 Å². The quantitative estimate of drug-likeness (QED) is 0.145. The van der Waals surface area contributed by atoms with Crippen molar-refractivity contribution in [1.82, 2.24) is 0 Å². The second-order valence-corrected chi connectivity index (χ2v) is 8.33. The second kappa shape index (κ2) is 30.5. The van der Waals surface area contributed by atoms with Crippen molar-refractivity contribution in [1.29, 1.82) is 0 Å². The minimum absolute atomic E-state index is 1.19. The topological polar surface area (TPSA) is 0 Å². The zero-order chi connectivity index (χ0) is 20.3. The summed E-state index contributed by atoms with van der Waals surface area (Å²) in [5, 5.41) is 0. The molecule has 0 N–H and O–H groups in total. The van der Waals surface area contributed by atoms with E-state index in [2.05, 4.69) is 39.8 Å². The predicted molar refractivity (Wildman–Crippen MR) is 129 cm³/mol. The molecule has 0 saturated carbocycles. The van der Waals surface area contributed by atoms with Crippen LogP contribution in [-0.4, -0.2) is 0 Å². The lowest BCUT2D eigenvalue weighted by molar-refractivity contribution is 0.542. The maximum absolute atomic E-state index is 2.32. The smallest absolute Gasteiger partial charge is 0.0351 e. The molecular formula is C27H56.